The van der Waals surface area contributed by atoms with Gasteiger partial charge in [-0.25, -0.2) is 0 Å². The van der Waals surface area contributed by atoms with Crippen LogP contribution in [0.25, 0.3) is 0 Å². The van der Waals surface area contributed by atoms with Crippen molar-refractivity contribution in [2.45, 2.75) is 6.61 Å². The number of nitro groups is 1. The average molecular weight is 171 g/mol. The Morgan fingerprint density at radius 3 is 2.92 bits per heavy atom. The maximum Gasteiger partial charge on any atom is 0.433 e. The monoisotopic (exact) mass is 171 g/mol. The summed E-state index contributed by atoms with van der Waals surface area (Å²) in [4.78, 5) is 19.1. The van der Waals surface area contributed by atoms with Gasteiger partial charge in [-0.1, -0.05) is 0 Å². The second kappa shape index (κ2) is 3.51. The van der Waals surface area contributed by atoms with Crippen LogP contribution in [0.5, 0.6) is 0 Å². The minimum absolute atomic E-state index is 0.0860. The Morgan fingerprint density at radius 1 is 1.67 bits per heavy atom. The Labute approximate surface area is 66.9 Å². The second-order valence-electron chi connectivity index (χ2n) is 1.90. The van der Waals surface area contributed by atoms with Crippen molar-refractivity contribution in [2.24, 2.45) is 0 Å². The first-order valence-corrected chi connectivity index (χ1v) is 3.02. The predicted molar refractivity (Wildman–Crippen MR) is 36.2 cm³/mol. The highest BCUT2D eigenvalue weighted by atomic mass is 16.6. The van der Waals surface area contributed by atoms with Crippen LogP contribution in [-0.2, 0) is 16.1 Å². The average Bonchev–Trinajstić information content (AvgIpc) is 2.48. The molecule has 0 radical (unpaired) electrons. The summed E-state index contributed by atoms with van der Waals surface area (Å²) in [7, 11) is 0. The molecule has 0 N–H and O–H groups in total. The van der Waals surface area contributed by atoms with Crippen molar-refractivity contribution in [3.8, 4) is 0 Å². The van der Waals surface area contributed by atoms with Crippen LogP contribution >= 0.6 is 0 Å². The number of hydrogen-bond donors (Lipinski definition) is 0. The topological polar surface area (TPSA) is 82.6 Å². The molecule has 0 aromatic carbocycles. The molecule has 0 spiro atoms. The van der Waals surface area contributed by atoms with E-state index in [0.717, 1.165) is 0 Å². The quantitative estimate of drug-likeness (QED) is 0.381. The van der Waals surface area contributed by atoms with Crippen LogP contribution in [0.3, 0.4) is 0 Å². The molecule has 0 fully saturated rings. The van der Waals surface area contributed by atoms with Gasteiger partial charge in [-0.3, -0.25) is 14.9 Å². The molecule has 1 heterocycles. The van der Waals surface area contributed by atoms with Crippen LogP contribution in [0, 0.1) is 10.1 Å². The fourth-order valence-corrected chi connectivity index (χ4v) is 0.658. The van der Waals surface area contributed by atoms with E-state index >= 15 is 0 Å². The lowest BCUT2D eigenvalue weighted by atomic mass is 10.5. The van der Waals surface area contributed by atoms with Crippen LogP contribution < -0.4 is 0 Å². The molecule has 0 aliphatic rings. The summed E-state index contributed by atoms with van der Waals surface area (Å²) in [5.74, 6) is -0.117. The van der Waals surface area contributed by atoms with E-state index in [2.05, 4.69) is 9.15 Å². The van der Waals surface area contributed by atoms with E-state index in [0.29, 0.717) is 0 Å². The highest BCUT2D eigenvalue weighted by molar-refractivity contribution is 5.37. The molecule has 0 saturated carbocycles. The first-order valence-electron chi connectivity index (χ1n) is 3.02. The summed E-state index contributed by atoms with van der Waals surface area (Å²) < 4.78 is 8.98. The highest BCUT2D eigenvalue weighted by Crippen LogP contribution is 2.15. The molecule has 12 heavy (non-hydrogen) atoms. The van der Waals surface area contributed by atoms with Crippen LogP contribution in [0.15, 0.2) is 16.5 Å². The largest absolute Gasteiger partial charge is 0.460 e. The van der Waals surface area contributed by atoms with Gasteiger partial charge < -0.3 is 9.15 Å². The molecule has 0 bridgehead atoms. The summed E-state index contributed by atoms with van der Waals surface area (Å²) in [5.41, 5.74) is 0. The molecule has 1 rings (SSSR count). The lowest BCUT2D eigenvalue weighted by Crippen LogP contribution is -1.87. The number of carbonyl (C=O) groups excluding carboxylic acids is 1. The fraction of sp³-hybridized carbons (Fsp3) is 0.167. The molecule has 0 aliphatic heterocycles. The fourth-order valence-electron chi connectivity index (χ4n) is 0.658. The summed E-state index contributed by atoms with van der Waals surface area (Å²) in [6.07, 6.45) is 0. The summed E-state index contributed by atoms with van der Waals surface area (Å²) >= 11 is 0. The van der Waals surface area contributed by atoms with E-state index in [1.807, 2.05) is 0 Å². The minimum atomic E-state index is -0.662. The maximum absolute atomic E-state index is 10.1. The lowest BCUT2D eigenvalue weighted by Gasteiger charge is -1.90. The van der Waals surface area contributed by atoms with Gasteiger partial charge in [0.05, 0.1) is 6.07 Å². The van der Waals surface area contributed by atoms with Crippen molar-refractivity contribution in [3.05, 3.63) is 28.0 Å². The van der Waals surface area contributed by atoms with Crippen LogP contribution in [0.2, 0.25) is 0 Å². The van der Waals surface area contributed by atoms with Gasteiger partial charge in [0.25, 0.3) is 6.47 Å². The van der Waals surface area contributed by atoms with Crippen molar-refractivity contribution < 1.29 is 18.9 Å². The number of hydrogen-bond acceptors (Lipinski definition) is 5. The van der Waals surface area contributed by atoms with Gasteiger partial charge in [-0.15, -0.1) is 0 Å². The third-order valence-corrected chi connectivity index (χ3v) is 1.12. The van der Waals surface area contributed by atoms with Crippen LogP contribution in [-0.4, -0.2) is 11.4 Å². The Hall–Kier alpha value is -1.85. The van der Waals surface area contributed by atoms with Gasteiger partial charge in [0.2, 0.25) is 0 Å². The Bertz CT molecular complexity index is 292. The SMILES string of the molecule is O=COCc1ccc([N+](=O)[O-])o1. The molecule has 0 amide bonds. The molecule has 0 saturated heterocycles. The zero-order valence-electron chi connectivity index (χ0n) is 5.93. The van der Waals surface area contributed by atoms with Gasteiger partial charge in [-0.2, -0.15) is 0 Å². The van der Waals surface area contributed by atoms with Crippen molar-refractivity contribution in [3.63, 3.8) is 0 Å². The summed E-state index contributed by atoms with van der Waals surface area (Å²) in [6.45, 7) is 0.158. The molecular formula is C6H5NO5. The van der Waals surface area contributed by atoms with E-state index < -0.39 is 4.92 Å². The van der Waals surface area contributed by atoms with Gasteiger partial charge in [0, 0.05) is 0 Å². The number of nitrogens with zero attached hydrogens (tertiary/aromatic N) is 1. The van der Waals surface area contributed by atoms with Crippen molar-refractivity contribution in [1.29, 1.82) is 0 Å². The van der Waals surface area contributed by atoms with Crippen molar-refractivity contribution >= 4 is 12.4 Å². The Morgan fingerprint density at radius 2 is 2.42 bits per heavy atom. The van der Waals surface area contributed by atoms with Gasteiger partial charge in [0.15, 0.2) is 0 Å². The van der Waals surface area contributed by atoms with E-state index in [1.54, 1.807) is 0 Å². The standard InChI is InChI=1S/C6H5NO5/c8-4-11-3-5-1-2-6(12-5)7(9)10/h1-2,4H,3H2. The van der Waals surface area contributed by atoms with Crippen LogP contribution in [0.4, 0.5) is 5.88 Å². The lowest BCUT2D eigenvalue weighted by molar-refractivity contribution is -0.402. The van der Waals surface area contributed by atoms with E-state index in [-0.39, 0.29) is 24.7 Å². The predicted octanol–water partition coefficient (Wildman–Crippen LogP) is 0.861. The smallest absolute Gasteiger partial charge is 0.433 e. The van der Waals surface area contributed by atoms with E-state index in [4.69, 9.17) is 0 Å². The molecule has 1 aromatic rings. The first-order chi connectivity index (χ1) is 5.74. The van der Waals surface area contributed by atoms with Gasteiger partial charge >= 0.3 is 5.88 Å². The first kappa shape index (κ1) is 8.25. The van der Waals surface area contributed by atoms with E-state index in [1.165, 1.54) is 12.1 Å². The highest BCUT2D eigenvalue weighted by Gasteiger charge is 2.11. The van der Waals surface area contributed by atoms with E-state index in [9.17, 15) is 14.9 Å². The molecular weight excluding hydrogens is 166 g/mol. The van der Waals surface area contributed by atoms with Crippen molar-refractivity contribution in [1.82, 2.24) is 0 Å². The zero-order chi connectivity index (χ0) is 8.97. The number of rotatable bonds is 4. The second-order valence-corrected chi connectivity index (χ2v) is 1.90. The zero-order valence-corrected chi connectivity index (χ0v) is 5.93. The molecule has 0 atom stereocenters. The third-order valence-electron chi connectivity index (χ3n) is 1.12. The Balaban J connectivity index is 2.64. The van der Waals surface area contributed by atoms with Gasteiger partial charge in [-0.05, 0) is 6.07 Å². The molecule has 6 heteroatoms. The maximum atomic E-state index is 10.1. The van der Waals surface area contributed by atoms with Gasteiger partial charge in [0.1, 0.15) is 17.3 Å². The summed E-state index contributed by atoms with van der Waals surface area (Å²) in [5, 5.41) is 10.1. The minimum Gasteiger partial charge on any atom is -0.460 e. The van der Waals surface area contributed by atoms with Crippen LogP contribution in [0.1, 0.15) is 5.76 Å². The molecule has 1 aromatic heterocycles. The molecule has 0 aliphatic carbocycles. The number of carbonyl (C=O) groups is 1. The normalized spacial score (nSPS) is 9.33. The number of furan rings is 1. The molecule has 64 valence electrons. The third kappa shape index (κ3) is 1.82. The van der Waals surface area contributed by atoms with Crippen molar-refractivity contribution in [2.75, 3.05) is 0 Å². The number of ether oxygens (including phenoxy) is 1. The molecule has 0 unspecified atom stereocenters. The Kier molecular flexibility index (Phi) is 2.42. The molecule has 6 nitrogen and oxygen atoms in total. The summed E-state index contributed by atoms with van der Waals surface area (Å²) in [6, 6.07) is 2.57.